The maximum absolute atomic E-state index is 11.7. The second-order valence-electron chi connectivity index (χ2n) is 2.59. The maximum atomic E-state index is 11.7. The van der Waals surface area contributed by atoms with E-state index in [0.717, 1.165) is 0 Å². The van der Waals surface area contributed by atoms with Crippen LogP contribution in [0.2, 0.25) is 0 Å². The van der Waals surface area contributed by atoms with Crippen LogP contribution in [-0.2, 0) is 0 Å². The molecule has 2 aromatic heterocycles. The number of hydrogen-bond acceptors (Lipinski definition) is 4. The maximum Gasteiger partial charge on any atom is 0.229 e. The minimum Gasteiger partial charge on any atom is -0.285 e. The van der Waals surface area contributed by atoms with Crippen molar-refractivity contribution >= 4 is 5.78 Å². The Morgan fingerprint density at radius 3 is 2.71 bits per heavy atom. The van der Waals surface area contributed by atoms with E-state index < -0.39 is 0 Å². The quantitative estimate of drug-likeness (QED) is 0.651. The average Bonchev–Trinajstić information content (AvgIpc) is 2.30. The van der Waals surface area contributed by atoms with E-state index in [9.17, 15) is 4.79 Å². The Bertz CT molecular complexity index is 386. The van der Waals surface area contributed by atoms with Crippen LogP contribution in [-0.4, -0.2) is 20.7 Å². The summed E-state index contributed by atoms with van der Waals surface area (Å²) >= 11 is 0. The molecule has 0 aliphatic heterocycles. The zero-order chi connectivity index (χ0) is 9.80. The first kappa shape index (κ1) is 8.50. The lowest BCUT2D eigenvalue weighted by Crippen LogP contribution is -2.05. The topological polar surface area (TPSA) is 55.7 Å². The highest BCUT2D eigenvalue weighted by Crippen LogP contribution is 2.02. The number of carbonyl (C=O) groups is 1. The van der Waals surface area contributed by atoms with Crippen LogP contribution >= 0.6 is 0 Å². The fraction of sp³-hybridized carbons (Fsp3) is 0. The van der Waals surface area contributed by atoms with Crippen LogP contribution in [0.5, 0.6) is 0 Å². The Labute approximate surface area is 80.7 Å². The van der Waals surface area contributed by atoms with Crippen LogP contribution in [0.3, 0.4) is 0 Å². The van der Waals surface area contributed by atoms with Crippen LogP contribution in [0, 0.1) is 6.33 Å². The molecule has 14 heavy (non-hydrogen) atoms. The Kier molecular flexibility index (Phi) is 2.27. The predicted octanol–water partition coefficient (Wildman–Crippen LogP) is 0.903. The highest BCUT2D eigenvalue weighted by molar-refractivity contribution is 6.06. The normalized spacial score (nSPS) is 9.71. The van der Waals surface area contributed by atoms with Crippen LogP contribution < -0.4 is 0 Å². The third-order valence-corrected chi connectivity index (χ3v) is 1.67. The Morgan fingerprint density at radius 2 is 2.07 bits per heavy atom. The summed E-state index contributed by atoms with van der Waals surface area (Å²) in [5.41, 5.74) is 0.679. The lowest BCUT2D eigenvalue weighted by Gasteiger charge is -1.96. The third-order valence-electron chi connectivity index (χ3n) is 1.67. The highest BCUT2D eigenvalue weighted by atomic mass is 16.1. The van der Waals surface area contributed by atoms with E-state index in [1.165, 1.54) is 12.3 Å². The van der Waals surface area contributed by atoms with Gasteiger partial charge in [-0.2, -0.15) is 0 Å². The van der Waals surface area contributed by atoms with Crippen molar-refractivity contribution in [2.24, 2.45) is 0 Å². The molecule has 67 valence electrons. The molecule has 2 rings (SSSR count). The van der Waals surface area contributed by atoms with Gasteiger partial charge in [0.2, 0.25) is 5.78 Å². The Hall–Kier alpha value is -2.10. The van der Waals surface area contributed by atoms with Crippen molar-refractivity contribution in [3.05, 3.63) is 54.4 Å². The van der Waals surface area contributed by atoms with Crippen molar-refractivity contribution in [2.75, 3.05) is 0 Å². The van der Waals surface area contributed by atoms with Crippen LogP contribution in [0.1, 0.15) is 16.2 Å². The van der Waals surface area contributed by atoms with Crippen molar-refractivity contribution in [1.29, 1.82) is 0 Å². The van der Waals surface area contributed by atoms with Gasteiger partial charge in [-0.25, -0.2) is 9.97 Å². The SMILES string of the molecule is O=C(c1ccn[c]n1)c1ccccn1. The molecule has 0 unspecified atom stereocenters. The molecule has 0 N–H and O–H groups in total. The molecule has 0 saturated heterocycles. The van der Waals surface area contributed by atoms with Gasteiger partial charge in [0.15, 0.2) is 6.33 Å². The largest absolute Gasteiger partial charge is 0.285 e. The number of nitrogens with zero attached hydrogens (tertiary/aromatic N) is 3. The van der Waals surface area contributed by atoms with Crippen LogP contribution in [0.25, 0.3) is 0 Å². The summed E-state index contributed by atoms with van der Waals surface area (Å²) in [7, 11) is 0. The van der Waals surface area contributed by atoms with Gasteiger partial charge < -0.3 is 0 Å². The molecular weight excluding hydrogens is 178 g/mol. The van der Waals surface area contributed by atoms with Gasteiger partial charge in [-0.3, -0.25) is 9.78 Å². The number of rotatable bonds is 2. The molecule has 0 atom stereocenters. The Balaban J connectivity index is 2.35. The zero-order valence-corrected chi connectivity index (χ0v) is 7.21. The van der Waals surface area contributed by atoms with Gasteiger partial charge in [-0.1, -0.05) is 6.07 Å². The average molecular weight is 184 g/mol. The minimum atomic E-state index is -0.218. The molecule has 0 aliphatic carbocycles. The summed E-state index contributed by atoms with van der Waals surface area (Å²) in [5, 5.41) is 0. The molecule has 0 bridgehead atoms. The number of hydrogen-bond donors (Lipinski definition) is 0. The molecule has 0 saturated carbocycles. The van der Waals surface area contributed by atoms with E-state index in [0.29, 0.717) is 11.4 Å². The monoisotopic (exact) mass is 184 g/mol. The summed E-state index contributed by atoms with van der Waals surface area (Å²) in [5.74, 6) is -0.218. The van der Waals surface area contributed by atoms with E-state index >= 15 is 0 Å². The van der Waals surface area contributed by atoms with Crippen LogP contribution in [0.15, 0.2) is 36.7 Å². The predicted molar refractivity (Wildman–Crippen MR) is 48.5 cm³/mol. The first-order valence-electron chi connectivity index (χ1n) is 4.03. The van der Waals surface area contributed by atoms with Gasteiger partial charge >= 0.3 is 0 Å². The fourth-order valence-electron chi connectivity index (χ4n) is 1.02. The fourth-order valence-corrected chi connectivity index (χ4v) is 1.02. The molecule has 4 heteroatoms. The van der Waals surface area contributed by atoms with Crippen molar-refractivity contribution in [2.45, 2.75) is 0 Å². The van der Waals surface area contributed by atoms with Gasteiger partial charge in [-0.15, -0.1) is 0 Å². The van der Waals surface area contributed by atoms with E-state index in [1.54, 1.807) is 24.4 Å². The molecule has 0 fully saturated rings. The van der Waals surface area contributed by atoms with Crippen LogP contribution in [0.4, 0.5) is 0 Å². The molecule has 2 heterocycles. The summed E-state index contributed by atoms with van der Waals surface area (Å²) in [4.78, 5) is 22.9. The molecule has 0 aromatic carbocycles. The number of pyridine rings is 1. The highest BCUT2D eigenvalue weighted by Gasteiger charge is 2.10. The van der Waals surface area contributed by atoms with Gasteiger partial charge in [0, 0.05) is 12.4 Å². The van der Waals surface area contributed by atoms with Crippen molar-refractivity contribution in [1.82, 2.24) is 15.0 Å². The summed E-state index contributed by atoms with van der Waals surface area (Å²) in [6.07, 6.45) is 5.41. The number of ketones is 1. The first-order chi connectivity index (χ1) is 6.88. The molecule has 0 amide bonds. The molecule has 0 aliphatic rings. The third kappa shape index (κ3) is 1.64. The molecule has 2 aromatic rings. The zero-order valence-electron chi connectivity index (χ0n) is 7.21. The standard InChI is InChI=1S/C10H6N3O/c14-10(8-3-1-2-5-12-8)9-4-6-11-7-13-9/h1-6H. The van der Waals surface area contributed by atoms with E-state index in [4.69, 9.17) is 0 Å². The molecule has 0 spiro atoms. The summed E-state index contributed by atoms with van der Waals surface area (Å²) in [6.45, 7) is 0. The molecular formula is C10H6N3O. The smallest absolute Gasteiger partial charge is 0.229 e. The van der Waals surface area contributed by atoms with Crippen molar-refractivity contribution < 1.29 is 4.79 Å². The van der Waals surface area contributed by atoms with Gasteiger partial charge in [0.25, 0.3) is 0 Å². The first-order valence-corrected chi connectivity index (χ1v) is 4.03. The van der Waals surface area contributed by atoms with Gasteiger partial charge in [0.1, 0.15) is 11.4 Å². The van der Waals surface area contributed by atoms with Gasteiger partial charge in [0.05, 0.1) is 0 Å². The van der Waals surface area contributed by atoms with Gasteiger partial charge in [-0.05, 0) is 18.2 Å². The minimum absolute atomic E-state index is 0.218. The Morgan fingerprint density at radius 1 is 1.14 bits per heavy atom. The van der Waals surface area contributed by atoms with Crippen molar-refractivity contribution in [3.8, 4) is 0 Å². The molecule has 1 radical (unpaired) electrons. The second kappa shape index (κ2) is 3.74. The number of aromatic nitrogens is 3. The number of carbonyl (C=O) groups excluding carboxylic acids is 1. The second-order valence-corrected chi connectivity index (χ2v) is 2.59. The summed E-state index contributed by atoms with van der Waals surface area (Å²) < 4.78 is 0. The lowest BCUT2D eigenvalue weighted by molar-refractivity contribution is 0.102. The summed E-state index contributed by atoms with van der Waals surface area (Å²) in [6, 6.07) is 6.69. The van der Waals surface area contributed by atoms with E-state index in [-0.39, 0.29) is 5.78 Å². The van der Waals surface area contributed by atoms with E-state index in [2.05, 4.69) is 21.3 Å². The molecule has 4 nitrogen and oxygen atoms in total. The van der Waals surface area contributed by atoms with E-state index in [1.807, 2.05) is 0 Å². The lowest BCUT2D eigenvalue weighted by atomic mass is 10.2. The van der Waals surface area contributed by atoms with Crippen molar-refractivity contribution in [3.63, 3.8) is 0 Å².